The summed E-state index contributed by atoms with van der Waals surface area (Å²) < 4.78 is 7.51. The Kier molecular flexibility index (Phi) is 3.75. The minimum absolute atomic E-state index is 0.924. The SMILES string of the molecule is c1ccc(-c2nc3ccc4ccc(-c5cccc6c5oc5ccccc56)cc4c3s2)cc1. The lowest BCUT2D eigenvalue weighted by molar-refractivity contribution is 0.670. The molecule has 0 radical (unpaired) electrons. The van der Waals surface area contributed by atoms with Crippen molar-refractivity contribution in [2.24, 2.45) is 0 Å². The lowest BCUT2D eigenvalue weighted by atomic mass is 9.99. The maximum Gasteiger partial charge on any atom is 0.143 e. The van der Waals surface area contributed by atoms with Gasteiger partial charge in [-0.15, -0.1) is 11.3 Å². The third kappa shape index (κ3) is 2.62. The molecule has 0 aliphatic rings. The van der Waals surface area contributed by atoms with Gasteiger partial charge in [-0.2, -0.15) is 0 Å². The summed E-state index contributed by atoms with van der Waals surface area (Å²) in [4.78, 5) is 4.91. The van der Waals surface area contributed by atoms with E-state index in [0.717, 1.165) is 49.2 Å². The predicted molar refractivity (Wildman–Crippen MR) is 135 cm³/mol. The van der Waals surface area contributed by atoms with Gasteiger partial charge in [0.25, 0.3) is 0 Å². The lowest BCUT2D eigenvalue weighted by Gasteiger charge is -2.06. The molecule has 0 unspecified atom stereocenters. The van der Waals surface area contributed by atoms with Crippen molar-refractivity contribution in [3.63, 3.8) is 0 Å². The minimum atomic E-state index is 0.924. The second kappa shape index (κ2) is 6.78. The van der Waals surface area contributed by atoms with Crippen LogP contribution in [0.2, 0.25) is 0 Å². The van der Waals surface area contributed by atoms with Gasteiger partial charge in [-0.05, 0) is 29.1 Å². The van der Waals surface area contributed by atoms with Crippen LogP contribution in [0, 0.1) is 0 Å². The van der Waals surface area contributed by atoms with Gasteiger partial charge in [0.2, 0.25) is 0 Å². The maximum absolute atomic E-state index is 6.29. The summed E-state index contributed by atoms with van der Waals surface area (Å²) in [6.07, 6.45) is 0. The molecule has 0 saturated carbocycles. The number of thiazole rings is 1. The quantitative estimate of drug-likeness (QED) is 0.276. The summed E-state index contributed by atoms with van der Waals surface area (Å²) in [7, 11) is 0. The highest BCUT2D eigenvalue weighted by Gasteiger charge is 2.14. The van der Waals surface area contributed by atoms with E-state index in [-0.39, 0.29) is 0 Å². The predicted octanol–water partition coefficient (Wildman–Crippen LogP) is 8.68. The molecule has 2 aromatic heterocycles. The van der Waals surface area contributed by atoms with Crippen LogP contribution in [0.3, 0.4) is 0 Å². The molecule has 5 aromatic carbocycles. The molecule has 7 rings (SSSR count). The summed E-state index contributed by atoms with van der Waals surface area (Å²) in [5.74, 6) is 0. The van der Waals surface area contributed by atoms with Gasteiger partial charge >= 0.3 is 0 Å². The number of hydrogen-bond donors (Lipinski definition) is 0. The zero-order valence-corrected chi connectivity index (χ0v) is 17.9. The normalized spacial score (nSPS) is 11.8. The molecule has 2 nitrogen and oxygen atoms in total. The van der Waals surface area contributed by atoms with Gasteiger partial charge in [0.15, 0.2) is 0 Å². The molecule has 150 valence electrons. The van der Waals surface area contributed by atoms with Gasteiger partial charge in [-0.1, -0.05) is 84.9 Å². The first-order valence-corrected chi connectivity index (χ1v) is 11.5. The first-order valence-electron chi connectivity index (χ1n) is 10.6. The molecule has 3 heteroatoms. The fourth-order valence-corrected chi connectivity index (χ4v) is 5.65. The average Bonchev–Trinajstić information content (AvgIpc) is 3.46. The third-order valence-corrected chi connectivity index (χ3v) is 7.26. The highest BCUT2D eigenvalue weighted by atomic mass is 32.1. The Morgan fingerprint density at radius 2 is 1.44 bits per heavy atom. The highest BCUT2D eigenvalue weighted by molar-refractivity contribution is 7.22. The van der Waals surface area contributed by atoms with Crippen LogP contribution < -0.4 is 0 Å². The molecule has 0 fully saturated rings. The molecule has 32 heavy (non-hydrogen) atoms. The molecule has 0 aliphatic heterocycles. The third-order valence-electron chi connectivity index (χ3n) is 6.11. The van der Waals surface area contributed by atoms with Crippen molar-refractivity contribution >= 4 is 54.3 Å². The van der Waals surface area contributed by atoms with Crippen LogP contribution in [0.4, 0.5) is 0 Å². The van der Waals surface area contributed by atoms with Crippen LogP contribution in [-0.2, 0) is 0 Å². The van der Waals surface area contributed by atoms with Gasteiger partial charge in [0, 0.05) is 27.3 Å². The van der Waals surface area contributed by atoms with E-state index in [1.54, 1.807) is 11.3 Å². The summed E-state index contributed by atoms with van der Waals surface area (Å²) in [5.41, 5.74) is 6.34. The Morgan fingerprint density at radius 1 is 0.625 bits per heavy atom. The van der Waals surface area contributed by atoms with Crippen LogP contribution in [0.15, 0.2) is 108 Å². The first kappa shape index (κ1) is 17.7. The zero-order chi connectivity index (χ0) is 21.1. The molecule has 0 saturated heterocycles. The van der Waals surface area contributed by atoms with E-state index in [2.05, 4.69) is 84.9 Å². The second-order valence-electron chi connectivity index (χ2n) is 8.02. The largest absolute Gasteiger partial charge is 0.455 e. The molecule has 0 atom stereocenters. The summed E-state index contributed by atoms with van der Waals surface area (Å²) in [6, 6.07) is 36.0. The number of hydrogen-bond acceptors (Lipinski definition) is 3. The van der Waals surface area contributed by atoms with Crippen molar-refractivity contribution < 1.29 is 4.42 Å². The smallest absolute Gasteiger partial charge is 0.143 e. The topological polar surface area (TPSA) is 26.0 Å². The first-order chi connectivity index (χ1) is 15.8. The van der Waals surface area contributed by atoms with Gasteiger partial charge in [-0.3, -0.25) is 0 Å². The van der Waals surface area contributed by atoms with E-state index < -0.39 is 0 Å². The van der Waals surface area contributed by atoms with Crippen molar-refractivity contribution in [3.05, 3.63) is 103 Å². The van der Waals surface area contributed by atoms with Crippen molar-refractivity contribution in [1.29, 1.82) is 0 Å². The van der Waals surface area contributed by atoms with E-state index in [1.165, 1.54) is 15.5 Å². The molecular formula is C29H17NOS. The standard InChI is InChI=1S/C29H17NOS/c1-2-7-19(8-3-1)29-30-25-16-15-18-13-14-20(17-24(18)28(25)32-29)21-10-6-11-23-22-9-4-5-12-26(22)31-27(21)23/h1-17H. The molecule has 0 spiro atoms. The molecule has 2 heterocycles. The van der Waals surface area contributed by atoms with Crippen LogP contribution in [0.25, 0.3) is 64.6 Å². The number of furan rings is 1. The van der Waals surface area contributed by atoms with Gasteiger partial charge < -0.3 is 4.42 Å². The van der Waals surface area contributed by atoms with E-state index in [0.29, 0.717) is 0 Å². The van der Waals surface area contributed by atoms with Gasteiger partial charge in [0.1, 0.15) is 16.2 Å². The molecule has 7 aromatic rings. The second-order valence-corrected chi connectivity index (χ2v) is 9.01. The van der Waals surface area contributed by atoms with E-state index in [9.17, 15) is 0 Å². The van der Waals surface area contributed by atoms with Crippen LogP contribution >= 0.6 is 11.3 Å². The summed E-state index contributed by atoms with van der Waals surface area (Å²) in [5, 5.41) is 5.81. The van der Waals surface area contributed by atoms with Crippen molar-refractivity contribution in [2.45, 2.75) is 0 Å². The Hall–Kier alpha value is -3.95. The Balaban J connectivity index is 1.47. The number of para-hydroxylation sites is 2. The monoisotopic (exact) mass is 427 g/mol. The Labute approximate surface area is 188 Å². The lowest BCUT2D eigenvalue weighted by Crippen LogP contribution is -1.81. The van der Waals surface area contributed by atoms with Crippen molar-refractivity contribution in [2.75, 3.05) is 0 Å². The molecule has 0 bridgehead atoms. The highest BCUT2D eigenvalue weighted by Crippen LogP contribution is 2.39. The fraction of sp³-hybridized carbons (Fsp3) is 0. The van der Waals surface area contributed by atoms with Gasteiger partial charge in [0.05, 0.1) is 10.2 Å². The molecular weight excluding hydrogens is 410 g/mol. The zero-order valence-electron chi connectivity index (χ0n) is 17.1. The van der Waals surface area contributed by atoms with Crippen LogP contribution in [-0.4, -0.2) is 4.98 Å². The van der Waals surface area contributed by atoms with Crippen LogP contribution in [0.5, 0.6) is 0 Å². The summed E-state index contributed by atoms with van der Waals surface area (Å²) >= 11 is 1.76. The van der Waals surface area contributed by atoms with E-state index >= 15 is 0 Å². The van der Waals surface area contributed by atoms with E-state index in [1.807, 2.05) is 18.2 Å². The fourth-order valence-electron chi connectivity index (χ4n) is 4.55. The average molecular weight is 428 g/mol. The number of fused-ring (bicyclic) bond motifs is 6. The minimum Gasteiger partial charge on any atom is -0.455 e. The number of benzene rings is 5. The molecule has 0 aliphatic carbocycles. The number of aromatic nitrogens is 1. The van der Waals surface area contributed by atoms with Gasteiger partial charge in [-0.25, -0.2) is 4.98 Å². The Morgan fingerprint density at radius 3 is 2.38 bits per heavy atom. The Bertz CT molecular complexity index is 1780. The van der Waals surface area contributed by atoms with Crippen molar-refractivity contribution in [3.8, 4) is 21.7 Å². The van der Waals surface area contributed by atoms with Crippen LogP contribution in [0.1, 0.15) is 0 Å². The molecule has 0 N–H and O–H groups in total. The number of rotatable bonds is 2. The number of nitrogens with zero attached hydrogens (tertiary/aromatic N) is 1. The summed E-state index contributed by atoms with van der Waals surface area (Å²) in [6.45, 7) is 0. The molecule has 0 amide bonds. The van der Waals surface area contributed by atoms with E-state index in [4.69, 9.17) is 9.40 Å². The maximum atomic E-state index is 6.29. The van der Waals surface area contributed by atoms with Crippen molar-refractivity contribution in [1.82, 2.24) is 4.98 Å².